The Bertz CT molecular complexity index is 434. The molecule has 0 aromatic heterocycles. The highest BCUT2D eigenvalue weighted by molar-refractivity contribution is 5.83. The van der Waals surface area contributed by atoms with Crippen molar-refractivity contribution in [3.63, 3.8) is 0 Å². The molecule has 2 fully saturated rings. The summed E-state index contributed by atoms with van der Waals surface area (Å²) in [5, 5.41) is 0. The van der Waals surface area contributed by atoms with E-state index in [0.717, 1.165) is 13.1 Å². The van der Waals surface area contributed by atoms with Gasteiger partial charge in [-0.05, 0) is 27.8 Å². The average molecular weight is 314 g/mol. The fourth-order valence-corrected chi connectivity index (χ4v) is 3.02. The van der Waals surface area contributed by atoms with Gasteiger partial charge in [0.05, 0.1) is 19.8 Å². The number of methoxy groups -OCH3 is 1. The van der Waals surface area contributed by atoms with Crippen LogP contribution >= 0.6 is 0 Å². The van der Waals surface area contributed by atoms with Crippen LogP contribution in [-0.4, -0.2) is 80.0 Å². The lowest BCUT2D eigenvalue weighted by Crippen LogP contribution is -2.48. The van der Waals surface area contributed by atoms with Crippen LogP contribution in [0.2, 0.25) is 0 Å². The Morgan fingerprint density at radius 2 is 1.91 bits per heavy atom. The lowest BCUT2D eigenvalue weighted by molar-refractivity contribution is -0.150. The number of likely N-dealkylation sites (tertiary alicyclic amines) is 1. The molecule has 0 spiro atoms. The monoisotopic (exact) mass is 314 g/mol. The number of carbonyl (C=O) groups excluding carboxylic acids is 2. The summed E-state index contributed by atoms with van der Waals surface area (Å²) in [7, 11) is 3.33. The summed E-state index contributed by atoms with van der Waals surface area (Å²) in [6.45, 7) is 7.96. The second kappa shape index (κ2) is 6.42. The molecule has 2 rings (SSSR count). The van der Waals surface area contributed by atoms with E-state index in [9.17, 15) is 9.59 Å². The number of ether oxygens (including phenoxy) is 3. The van der Waals surface area contributed by atoms with Crippen molar-refractivity contribution >= 4 is 12.1 Å². The number of amides is 1. The third-order valence-corrected chi connectivity index (χ3v) is 3.94. The van der Waals surface area contributed by atoms with E-state index < -0.39 is 23.7 Å². The van der Waals surface area contributed by atoms with Crippen LogP contribution < -0.4 is 0 Å². The molecule has 2 heterocycles. The van der Waals surface area contributed by atoms with Crippen molar-refractivity contribution in [1.82, 2.24) is 9.80 Å². The van der Waals surface area contributed by atoms with E-state index in [1.807, 2.05) is 7.05 Å². The second-order valence-electron chi connectivity index (χ2n) is 6.96. The Balaban J connectivity index is 2.21. The van der Waals surface area contributed by atoms with Crippen LogP contribution in [0.25, 0.3) is 0 Å². The lowest BCUT2D eigenvalue weighted by Gasteiger charge is -2.28. The van der Waals surface area contributed by atoms with E-state index >= 15 is 0 Å². The predicted octanol–water partition coefficient (Wildman–Crippen LogP) is 0.725. The molecule has 0 N–H and O–H groups in total. The number of carbonyl (C=O) groups is 2. The third-order valence-electron chi connectivity index (χ3n) is 3.94. The number of hydrogen-bond donors (Lipinski definition) is 0. The van der Waals surface area contributed by atoms with E-state index in [0.29, 0.717) is 13.2 Å². The van der Waals surface area contributed by atoms with Crippen molar-refractivity contribution in [2.24, 2.45) is 5.92 Å². The van der Waals surface area contributed by atoms with Gasteiger partial charge in [-0.15, -0.1) is 0 Å². The molecule has 0 aromatic rings. The van der Waals surface area contributed by atoms with Crippen LogP contribution in [0.5, 0.6) is 0 Å². The van der Waals surface area contributed by atoms with Gasteiger partial charge in [0, 0.05) is 25.6 Å². The minimum atomic E-state index is -0.739. The highest BCUT2D eigenvalue weighted by Gasteiger charge is 2.51. The number of rotatable bonds is 1. The van der Waals surface area contributed by atoms with Gasteiger partial charge in [0.2, 0.25) is 0 Å². The van der Waals surface area contributed by atoms with Gasteiger partial charge >= 0.3 is 12.1 Å². The van der Waals surface area contributed by atoms with E-state index in [4.69, 9.17) is 14.2 Å². The Hall–Kier alpha value is -1.34. The minimum absolute atomic E-state index is 0.0733. The molecule has 1 amide bonds. The third kappa shape index (κ3) is 3.70. The zero-order valence-corrected chi connectivity index (χ0v) is 14.0. The van der Waals surface area contributed by atoms with Gasteiger partial charge in [-0.1, -0.05) is 0 Å². The van der Waals surface area contributed by atoms with Gasteiger partial charge in [-0.2, -0.15) is 0 Å². The molecule has 0 bridgehead atoms. The fraction of sp³-hybridized carbons (Fsp3) is 0.867. The summed E-state index contributed by atoms with van der Waals surface area (Å²) in [6, 6.07) is -0.739. The molecule has 2 saturated heterocycles. The molecular weight excluding hydrogens is 288 g/mol. The first-order valence-corrected chi connectivity index (χ1v) is 7.60. The number of fused-ring (bicyclic) bond motifs is 1. The molecule has 22 heavy (non-hydrogen) atoms. The normalized spacial score (nSPS) is 29.7. The topological polar surface area (TPSA) is 68.3 Å². The van der Waals surface area contributed by atoms with Crippen LogP contribution in [0.3, 0.4) is 0 Å². The molecule has 2 unspecified atom stereocenters. The maximum Gasteiger partial charge on any atom is 0.411 e. The van der Waals surface area contributed by atoms with Crippen LogP contribution in [0.4, 0.5) is 4.79 Å². The van der Waals surface area contributed by atoms with Crippen LogP contribution in [-0.2, 0) is 19.0 Å². The molecule has 0 aromatic carbocycles. The first-order valence-electron chi connectivity index (χ1n) is 7.60. The van der Waals surface area contributed by atoms with E-state index in [-0.39, 0.29) is 12.0 Å². The first-order chi connectivity index (χ1) is 10.2. The SMILES string of the molecule is COC(=O)C1C2OCCN(C)C[C@H]2CN1C(=O)OC(C)(C)C. The van der Waals surface area contributed by atoms with Gasteiger partial charge < -0.3 is 19.1 Å². The van der Waals surface area contributed by atoms with Gasteiger partial charge in [-0.3, -0.25) is 4.90 Å². The summed E-state index contributed by atoms with van der Waals surface area (Å²) < 4.78 is 16.2. The van der Waals surface area contributed by atoms with Gasteiger partial charge in [0.15, 0.2) is 6.04 Å². The average Bonchev–Trinajstić information content (AvgIpc) is 2.65. The van der Waals surface area contributed by atoms with Crippen molar-refractivity contribution in [3.05, 3.63) is 0 Å². The Morgan fingerprint density at radius 1 is 1.23 bits per heavy atom. The molecular formula is C15H26N2O5. The summed E-state index contributed by atoms with van der Waals surface area (Å²) in [5.74, 6) is -0.382. The molecule has 0 aliphatic carbocycles. The van der Waals surface area contributed by atoms with Crippen LogP contribution in [0.15, 0.2) is 0 Å². The Morgan fingerprint density at radius 3 is 2.50 bits per heavy atom. The summed E-state index contributed by atoms with van der Waals surface area (Å²) in [5.41, 5.74) is -0.611. The molecule has 3 atom stereocenters. The van der Waals surface area contributed by atoms with Gasteiger partial charge in [0.1, 0.15) is 5.60 Å². The van der Waals surface area contributed by atoms with Gasteiger partial charge in [-0.25, -0.2) is 9.59 Å². The van der Waals surface area contributed by atoms with Crippen molar-refractivity contribution in [2.75, 3.05) is 40.4 Å². The largest absolute Gasteiger partial charge is 0.467 e. The number of esters is 1. The summed E-state index contributed by atoms with van der Waals surface area (Å²) >= 11 is 0. The maximum atomic E-state index is 12.4. The minimum Gasteiger partial charge on any atom is -0.467 e. The highest BCUT2D eigenvalue weighted by Crippen LogP contribution is 2.31. The summed E-state index contributed by atoms with van der Waals surface area (Å²) in [4.78, 5) is 28.2. The molecule has 2 aliphatic rings. The lowest BCUT2D eigenvalue weighted by atomic mass is 10.0. The smallest absolute Gasteiger partial charge is 0.411 e. The number of hydrogen-bond acceptors (Lipinski definition) is 6. The zero-order chi connectivity index (χ0) is 16.5. The van der Waals surface area contributed by atoms with Gasteiger partial charge in [0.25, 0.3) is 0 Å². The van der Waals surface area contributed by atoms with E-state index in [1.165, 1.54) is 12.0 Å². The molecule has 2 aliphatic heterocycles. The van der Waals surface area contributed by atoms with Crippen LogP contribution in [0, 0.1) is 5.92 Å². The zero-order valence-electron chi connectivity index (χ0n) is 14.0. The molecule has 0 saturated carbocycles. The van der Waals surface area contributed by atoms with Crippen molar-refractivity contribution in [2.45, 2.75) is 38.5 Å². The maximum absolute atomic E-state index is 12.4. The van der Waals surface area contributed by atoms with Crippen molar-refractivity contribution in [1.29, 1.82) is 0 Å². The quantitative estimate of drug-likeness (QED) is 0.665. The van der Waals surface area contributed by atoms with E-state index in [2.05, 4.69) is 4.90 Å². The highest BCUT2D eigenvalue weighted by atomic mass is 16.6. The standard InChI is InChI=1S/C15H26N2O5/c1-15(2,3)22-14(19)17-9-10-8-16(4)6-7-21-12(10)11(17)13(18)20-5/h10-12H,6-9H2,1-5H3/t10-,11?,12?/m0/s1. The molecule has 7 heteroatoms. The molecule has 7 nitrogen and oxygen atoms in total. The van der Waals surface area contributed by atoms with Crippen molar-refractivity contribution < 1.29 is 23.8 Å². The Kier molecular flexibility index (Phi) is 4.97. The Labute approximate surface area is 131 Å². The molecule has 0 radical (unpaired) electrons. The number of likely N-dealkylation sites (N-methyl/N-ethyl adjacent to an activating group) is 1. The van der Waals surface area contributed by atoms with E-state index in [1.54, 1.807) is 20.8 Å². The fourth-order valence-electron chi connectivity index (χ4n) is 3.02. The van der Waals surface area contributed by atoms with Crippen molar-refractivity contribution in [3.8, 4) is 0 Å². The second-order valence-corrected chi connectivity index (χ2v) is 6.96. The first kappa shape index (κ1) is 17.0. The number of nitrogens with zero attached hydrogens (tertiary/aromatic N) is 2. The molecule has 126 valence electrons. The van der Waals surface area contributed by atoms with Crippen LogP contribution in [0.1, 0.15) is 20.8 Å². The summed E-state index contributed by atoms with van der Waals surface area (Å²) in [6.07, 6.45) is -0.841. The predicted molar refractivity (Wildman–Crippen MR) is 79.5 cm³/mol.